The maximum atomic E-state index is 12.0. The highest BCUT2D eigenvalue weighted by Gasteiger charge is 2.13. The number of nitrogens with zero attached hydrogens (tertiary/aromatic N) is 1. The molecule has 0 saturated heterocycles. The summed E-state index contributed by atoms with van der Waals surface area (Å²) in [4.78, 5) is 14.0. The number of anilines is 1. The van der Waals surface area contributed by atoms with Crippen LogP contribution in [0, 0.1) is 0 Å². The molecular weight excluding hydrogens is 276 g/mol. The van der Waals surface area contributed by atoms with Crippen LogP contribution in [-0.2, 0) is 4.74 Å². The Balaban J connectivity index is 1.62. The second kappa shape index (κ2) is 8.79. The van der Waals surface area contributed by atoms with Gasteiger partial charge in [-0.15, -0.1) is 0 Å². The van der Waals surface area contributed by atoms with E-state index in [9.17, 15) is 4.79 Å². The molecule has 2 rings (SSSR count). The SMILES string of the molecule is CN(C)c1ccc(C(=O)NCCCOC2CCCCC2)cc1. The molecule has 1 aliphatic rings. The molecule has 4 heteroatoms. The summed E-state index contributed by atoms with van der Waals surface area (Å²) < 4.78 is 5.86. The van der Waals surface area contributed by atoms with Crippen LogP contribution in [0.25, 0.3) is 0 Å². The number of amides is 1. The Bertz CT molecular complexity index is 451. The minimum Gasteiger partial charge on any atom is -0.378 e. The second-order valence-electron chi connectivity index (χ2n) is 6.18. The number of hydrogen-bond acceptors (Lipinski definition) is 3. The lowest BCUT2D eigenvalue weighted by Crippen LogP contribution is -2.26. The van der Waals surface area contributed by atoms with Crippen LogP contribution >= 0.6 is 0 Å². The molecule has 1 aromatic rings. The van der Waals surface area contributed by atoms with E-state index in [-0.39, 0.29) is 5.91 Å². The average Bonchev–Trinajstić information content (AvgIpc) is 2.55. The summed E-state index contributed by atoms with van der Waals surface area (Å²) in [5.74, 6) is -0.0111. The molecule has 1 saturated carbocycles. The first-order valence-corrected chi connectivity index (χ1v) is 8.34. The molecule has 1 amide bonds. The number of rotatable bonds is 7. The molecule has 1 fully saturated rings. The van der Waals surface area contributed by atoms with Crippen LogP contribution in [-0.4, -0.2) is 39.3 Å². The Labute approximate surface area is 133 Å². The number of benzene rings is 1. The molecule has 0 aliphatic heterocycles. The maximum absolute atomic E-state index is 12.0. The zero-order valence-electron chi connectivity index (χ0n) is 13.8. The third-order valence-corrected chi connectivity index (χ3v) is 4.16. The van der Waals surface area contributed by atoms with Crippen LogP contribution < -0.4 is 10.2 Å². The van der Waals surface area contributed by atoms with Gasteiger partial charge >= 0.3 is 0 Å². The fourth-order valence-corrected chi connectivity index (χ4v) is 2.77. The van der Waals surface area contributed by atoms with E-state index < -0.39 is 0 Å². The lowest BCUT2D eigenvalue weighted by molar-refractivity contribution is 0.0273. The fourth-order valence-electron chi connectivity index (χ4n) is 2.77. The highest BCUT2D eigenvalue weighted by Crippen LogP contribution is 2.20. The van der Waals surface area contributed by atoms with E-state index in [0.717, 1.165) is 18.7 Å². The van der Waals surface area contributed by atoms with Crippen molar-refractivity contribution in [2.75, 3.05) is 32.1 Å². The summed E-state index contributed by atoms with van der Waals surface area (Å²) in [6.45, 7) is 1.41. The van der Waals surface area contributed by atoms with Crippen LogP contribution in [0.1, 0.15) is 48.9 Å². The van der Waals surface area contributed by atoms with Gasteiger partial charge in [0.25, 0.3) is 5.91 Å². The molecule has 1 aromatic carbocycles. The van der Waals surface area contributed by atoms with Crippen LogP contribution in [0.15, 0.2) is 24.3 Å². The van der Waals surface area contributed by atoms with Gasteiger partial charge in [0.15, 0.2) is 0 Å². The van der Waals surface area contributed by atoms with Gasteiger partial charge in [0.2, 0.25) is 0 Å². The summed E-state index contributed by atoms with van der Waals surface area (Å²) in [6, 6.07) is 7.65. The van der Waals surface area contributed by atoms with Crippen molar-refractivity contribution in [3.05, 3.63) is 29.8 Å². The van der Waals surface area contributed by atoms with E-state index in [1.54, 1.807) is 0 Å². The molecule has 0 radical (unpaired) electrons. The van der Waals surface area contributed by atoms with Crippen molar-refractivity contribution in [2.24, 2.45) is 0 Å². The predicted octanol–water partition coefficient (Wildman–Crippen LogP) is 3.22. The molecule has 122 valence electrons. The highest BCUT2D eigenvalue weighted by atomic mass is 16.5. The molecule has 1 aliphatic carbocycles. The fraction of sp³-hybridized carbons (Fsp3) is 0.611. The van der Waals surface area contributed by atoms with E-state index in [1.165, 1.54) is 32.1 Å². The minimum atomic E-state index is -0.0111. The largest absolute Gasteiger partial charge is 0.378 e. The van der Waals surface area contributed by atoms with Crippen LogP contribution in [0.5, 0.6) is 0 Å². The zero-order chi connectivity index (χ0) is 15.8. The third kappa shape index (κ3) is 5.34. The monoisotopic (exact) mass is 304 g/mol. The molecule has 1 N–H and O–H groups in total. The quantitative estimate of drug-likeness (QED) is 0.786. The van der Waals surface area contributed by atoms with Gasteiger partial charge in [-0.1, -0.05) is 19.3 Å². The van der Waals surface area contributed by atoms with Crippen molar-refractivity contribution in [2.45, 2.75) is 44.6 Å². The molecule has 0 bridgehead atoms. The first kappa shape index (κ1) is 16.8. The number of ether oxygens (including phenoxy) is 1. The first-order chi connectivity index (χ1) is 10.7. The van der Waals surface area contributed by atoms with Gasteiger partial charge in [0.05, 0.1) is 6.10 Å². The topological polar surface area (TPSA) is 41.6 Å². The van der Waals surface area contributed by atoms with Crippen LogP contribution in [0.3, 0.4) is 0 Å². The summed E-state index contributed by atoms with van der Waals surface area (Å²) in [5, 5.41) is 2.95. The van der Waals surface area contributed by atoms with Crippen molar-refractivity contribution in [3.8, 4) is 0 Å². The number of carbonyl (C=O) groups is 1. The van der Waals surface area contributed by atoms with Crippen LogP contribution in [0.2, 0.25) is 0 Å². The second-order valence-corrected chi connectivity index (χ2v) is 6.18. The van der Waals surface area contributed by atoms with Gasteiger partial charge in [0, 0.05) is 38.5 Å². The van der Waals surface area contributed by atoms with Gasteiger partial charge < -0.3 is 15.0 Å². The number of carbonyl (C=O) groups excluding carboxylic acids is 1. The van der Waals surface area contributed by atoms with Crippen molar-refractivity contribution < 1.29 is 9.53 Å². The van der Waals surface area contributed by atoms with E-state index >= 15 is 0 Å². The Morgan fingerprint density at radius 1 is 1.18 bits per heavy atom. The Morgan fingerprint density at radius 3 is 2.50 bits per heavy atom. The van der Waals surface area contributed by atoms with E-state index in [1.807, 2.05) is 43.3 Å². The molecule has 0 aromatic heterocycles. The molecule has 4 nitrogen and oxygen atoms in total. The smallest absolute Gasteiger partial charge is 0.251 e. The van der Waals surface area contributed by atoms with E-state index in [4.69, 9.17) is 4.74 Å². The lowest BCUT2D eigenvalue weighted by Gasteiger charge is -2.21. The van der Waals surface area contributed by atoms with Crippen molar-refractivity contribution >= 4 is 11.6 Å². The maximum Gasteiger partial charge on any atom is 0.251 e. The summed E-state index contributed by atoms with van der Waals surface area (Å²) in [7, 11) is 3.97. The molecule has 0 heterocycles. The summed E-state index contributed by atoms with van der Waals surface area (Å²) >= 11 is 0. The minimum absolute atomic E-state index is 0.0111. The number of hydrogen-bond donors (Lipinski definition) is 1. The van der Waals surface area contributed by atoms with Crippen molar-refractivity contribution in [1.82, 2.24) is 5.32 Å². The third-order valence-electron chi connectivity index (χ3n) is 4.16. The molecule has 22 heavy (non-hydrogen) atoms. The van der Waals surface area contributed by atoms with Gasteiger partial charge in [0.1, 0.15) is 0 Å². The van der Waals surface area contributed by atoms with Gasteiger partial charge in [-0.05, 0) is 43.5 Å². The lowest BCUT2D eigenvalue weighted by atomic mass is 9.98. The number of nitrogens with one attached hydrogen (secondary N) is 1. The average molecular weight is 304 g/mol. The Kier molecular flexibility index (Phi) is 6.72. The standard InChI is InChI=1S/C18H28N2O2/c1-20(2)16-11-9-15(10-12-16)18(21)19-13-6-14-22-17-7-4-3-5-8-17/h9-12,17H,3-8,13-14H2,1-2H3,(H,19,21). The van der Waals surface area contributed by atoms with Crippen molar-refractivity contribution in [1.29, 1.82) is 0 Å². The van der Waals surface area contributed by atoms with Gasteiger partial charge in [-0.3, -0.25) is 4.79 Å². The normalized spacial score (nSPS) is 15.5. The van der Waals surface area contributed by atoms with Gasteiger partial charge in [-0.2, -0.15) is 0 Å². The molecular formula is C18H28N2O2. The summed E-state index contributed by atoms with van der Waals surface area (Å²) in [6.07, 6.45) is 7.66. The Morgan fingerprint density at radius 2 is 1.86 bits per heavy atom. The summed E-state index contributed by atoms with van der Waals surface area (Å²) in [5.41, 5.74) is 1.80. The van der Waals surface area contributed by atoms with Crippen molar-refractivity contribution in [3.63, 3.8) is 0 Å². The zero-order valence-corrected chi connectivity index (χ0v) is 13.8. The highest BCUT2D eigenvalue weighted by molar-refractivity contribution is 5.94. The van der Waals surface area contributed by atoms with E-state index in [0.29, 0.717) is 18.2 Å². The Hall–Kier alpha value is -1.55. The predicted molar refractivity (Wildman–Crippen MR) is 90.5 cm³/mol. The molecule has 0 spiro atoms. The molecule has 0 unspecified atom stereocenters. The van der Waals surface area contributed by atoms with E-state index in [2.05, 4.69) is 5.32 Å². The molecule has 0 atom stereocenters. The van der Waals surface area contributed by atoms with Gasteiger partial charge in [-0.25, -0.2) is 0 Å². The van der Waals surface area contributed by atoms with Crippen LogP contribution in [0.4, 0.5) is 5.69 Å². The first-order valence-electron chi connectivity index (χ1n) is 8.34.